The minimum Gasteiger partial charge on any atom is -0.283 e. The van der Waals surface area contributed by atoms with Gasteiger partial charge in [-0.3, -0.25) is 19.6 Å². The maximum Gasteiger partial charge on any atom is 0.297 e. The Balaban J connectivity index is 1.57. The van der Waals surface area contributed by atoms with Gasteiger partial charge < -0.3 is 0 Å². The quantitative estimate of drug-likeness (QED) is 0.128. The van der Waals surface area contributed by atoms with E-state index in [1.165, 1.54) is 23.5 Å². The topological polar surface area (TPSA) is 99.7 Å². The van der Waals surface area contributed by atoms with Crippen LogP contribution < -0.4 is 10.4 Å². The van der Waals surface area contributed by atoms with E-state index in [2.05, 4.69) is 18.2 Å². The Morgan fingerprint density at radius 3 is 2.33 bits per heavy atom. The highest BCUT2D eigenvalue weighted by atomic mass is 32.1. The van der Waals surface area contributed by atoms with Crippen molar-refractivity contribution in [2.45, 2.75) is 13.8 Å². The van der Waals surface area contributed by atoms with Gasteiger partial charge in [-0.2, -0.15) is 5.10 Å². The zero-order valence-corrected chi connectivity index (χ0v) is 23.9. The van der Waals surface area contributed by atoms with Crippen LogP contribution in [-0.4, -0.2) is 24.7 Å². The van der Waals surface area contributed by atoms with Crippen molar-refractivity contribution in [3.05, 3.63) is 139 Å². The number of para-hydroxylation sites is 1. The SMILES string of the molecule is CC(=Nn1c(-c2ccc([N+](=O)[O-])cc2)csc1=Nc1c(C)n(C)n(-c2ccccc2)c1=O)c1cccc2ccccc12. The van der Waals surface area contributed by atoms with Crippen LogP contribution in [0.25, 0.3) is 27.7 Å². The fourth-order valence-corrected chi connectivity index (χ4v) is 5.79. The Morgan fingerprint density at radius 2 is 1.60 bits per heavy atom. The van der Waals surface area contributed by atoms with Crippen LogP contribution in [0.3, 0.4) is 0 Å². The van der Waals surface area contributed by atoms with Crippen LogP contribution >= 0.6 is 11.3 Å². The van der Waals surface area contributed by atoms with Crippen LogP contribution in [0.5, 0.6) is 0 Å². The molecule has 0 saturated heterocycles. The van der Waals surface area contributed by atoms with Crippen molar-refractivity contribution in [2.75, 3.05) is 0 Å². The third-order valence-electron chi connectivity index (χ3n) is 7.22. The smallest absolute Gasteiger partial charge is 0.283 e. The molecule has 0 aliphatic heterocycles. The van der Waals surface area contributed by atoms with Gasteiger partial charge in [-0.05, 0) is 48.9 Å². The summed E-state index contributed by atoms with van der Waals surface area (Å²) in [4.78, 5) is 29.8. The lowest BCUT2D eigenvalue weighted by atomic mass is 10.0. The lowest BCUT2D eigenvalue weighted by molar-refractivity contribution is -0.384. The molecular weight excluding hydrogens is 548 g/mol. The average Bonchev–Trinajstić information content (AvgIpc) is 3.50. The molecule has 0 aliphatic rings. The van der Waals surface area contributed by atoms with E-state index >= 15 is 0 Å². The van der Waals surface area contributed by atoms with Crippen LogP contribution in [0.1, 0.15) is 18.2 Å². The molecule has 0 spiro atoms. The summed E-state index contributed by atoms with van der Waals surface area (Å²) < 4.78 is 5.09. The first-order valence-electron chi connectivity index (χ1n) is 13.2. The third kappa shape index (κ3) is 4.77. The van der Waals surface area contributed by atoms with Crippen molar-refractivity contribution in [1.29, 1.82) is 0 Å². The van der Waals surface area contributed by atoms with E-state index < -0.39 is 4.92 Å². The van der Waals surface area contributed by atoms with Gasteiger partial charge in [0.25, 0.3) is 11.2 Å². The van der Waals surface area contributed by atoms with E-state index in [0.717, 1.165) is 33.3 Å². The summed E-state index contributed by atoms with van der Waals surface area (Å²) >= 11 is 1.34. The summed E-state index contributed by atoms with van der Waals surface area (Å²) in [7, 11) is 1.83. The molecule has 9 nitrogen and oxygen atoms in total. The van der Waals surface area contributed by atoms with E-state index in [4.69, 9.17) is 10.1 Å². The number of benzene rings is 4. The summed E-state index contributed by atoms with van der Waals surface area (Å²) in [6, 6.07) is 29.9. The molecule has 0 aliphatic carbocycles. The second-order valence-electron chi connectivity index (χ2n) is 9.75. The van der Waals surface area contributed by atoms with Gasteiger partial charge in [0.2, 0.25) is 4.80 Å². The highest BCUT2D eigenvalue weighted by Gasteiger charge is 2.18. The molecule has 0 radical (unpaired) electrons. The zero-order chi connectivity index (χ0) is 29.4. The summed E-state index contributed by atoms with van der Waals surface area (Å²) in [5.41, 5.74) is 4.67. The lowest BCUT2D eigenvalue weighted by Gasteiger charge is -2.09. The first-order chi connectivity index (χ1) is 20.3. The minimum atomic E-state index is -0.426. The standard InChI is InChI=1S/C32H26N6O3S/c1-21(27-15-9-11-23-10-7-8-14-28(23)27)34-36-29(24-16-18-26(19-17-24)38(40)41)20-42-32(36)33-30-22(2)35(3)37(31(30)39)25-12-5-4-6-13-25/h4-20H,1-3H3. The molecule has 2 aromatic heterocycles. The second kappa shape index (κ2) is 10.9. The number of hydrogen-bond donors (Lipinski definition) is 0. The molecule has 0 amide bonds. The number of nitro groups is 1. The van der Waals surface area contributed by atoms with Gasteiger partial charge in [-0.1, -0.05) is 60.7 Å². The maximum atomic E-state index is 13.6. The van der Waals surface area contributed by atoms with Crippen molar-refractivity contribution in [3.8, 4) is 16.9 Å². The van der Waals surface area contributed by atoms with Gasteiger partial charge in [-0.15, -0.1) is 11.3 Å². The van der Waals surface area contributed by atoms with Gasteiger partial charge in [0.15, 0.2) is 5.69 Å². The minimum absolute atomic E-state index is 0.00208. The molecule has 42 heavy (non-hydrogen) atoms. The third-order valence-corrected chi connectivity index (χ3v) is 8.04. The van der Waals surface area contributed by atoms with Crippen molar-refractivity contribution >= 4 is 39.2 Å². The number of nitrogens with zero attached hydrogens (tertiary/aromatic N) is 6. The molecule has 0 unspecified atom stereocenters. The molecule has 0 N–H and O–H groups in total. The van der Waals surface area contributed by atoms with Crippen molar-refractivity contribution in [1.82, 2.24) is 14.0 Å². The largest absolute Gasteiger partial charge is 0.297 e. The average molecular weight is 575 g/mol. The predicted octanol–water partition coefficient (Wildman–Crippen LogP) is 6.58. The number of thiazole rings is 1. The van der Waals surface area contributed by atoms with E-state index in [1.807, 2.05) is 80.9 Å². The summed E-state index contributed by atoms with van der Waals surface area (Å²) in [6.07, 6.45) is 0. The molecule has 0 bridgehead atoms. The molecule has 0 saturated carbocycles. The Hall–Kier alpha value is -5.35. The van der Waals surface area contributed by atoms with Crippen molar-refractivity contribution in [3.63, 3.8) is 0 Å². The Labute approximate surface area is 244 Å². The summed E-state index contributed by atoms with van der Waals surface area (Å²) in [6.45, 7) is 3.80. The Bertz CT molecular complexity index is 2110. The highest BCUT2D eigenvalue weighted by molar-refractivity contribution is 7.07. The van der Waals surface area contributed by atoms with Gasteiger partial charge in [0, 0.05) is 35.7 Å². The number of hydrogen-bond acceptors (Lipinski definition) is 6. The lowest BCUT2D eigenvalue weighted by Crippen LogP contribution is -2.20. The van der Waals surface area contributed by atoms with Crippen LogP contribution in [0, 0.1) is 17.0 Å². The van der Waals surface area contributed by atoms with Crippen molar-refractivity contribution < 1.29 is 4.92 Å². The summed E-state index contributed by atoms with van der Waals surface area (Å²) in [5, 5.41) is 20.3. The zero-order valence-electron chi connectivity index (χ0n) is 23.1. The number of fused-ring (bicyclic) bond motifs is 1. The first-order valence-corrected chi connectivity index (χ1v) is 14.1. The van der Waals surface area contributed by atoms with Gasteiger partial charge in [0.1, 0.15) is 0 Å². The molecule has 0 atom stereocenters. The molecular formula is C32H26N6O3S. The van der Waals surface area contributed by atoms with Crippen LogP contribution in [0.2, 0.25) is 0 Å². The number of nitro benzene ring substituents is 1. The van der Waals surface area contributed by atoms with E-state index in [1.54, 1.807) is 26.2 Å². The molecule has 4 aromatic carbocycles. The molecule has 6 aromatic rings. The second-order valence-corrected chi connectivity index (χ2v) is 10.6. The van der Waals surface area contributed by atoms with E-state index in [-0.39, 0.29) is 11.2 Å². The Morgan fingerprint density at radius 1 is 0.905 bits per heavy atom. The van der Waals surface area contributed by atoms with Gasteiger partial charge >= 0.3 is 0 Å². The first kappa shape index (κ1) is 26.9. The highest BCUT2D eigenvalue weighted by Crippen LogP contribution is 2.25. The molecule has 10 heteroatoms. The number of rotatable bonds is 6. The molecule has 2 heterocycles. The van der Waals surface area contributed by atoms with Crippen molar-refractivity contribution in [2.24, 2.45) is 17.1 Å². The summed E-state index contributed by atoms with van der Waals surface area (Å²) in [5.74, 6) is 0. The van der Waals surface area contributed by atoms with Gasteiger partial charge in [0.05, 0.1) is 27.7 Å². The monoisotopic (exact) mass is 574 g/mol. The molecule has 208 valence electrons. The Kier molecular flexibility index (Phi) is 6.97. The molecule has 0 fully saturated rings. The fourth-order valence-electron chi connectivity index (χ4n) is 4.95. The van der Waals surface area contributed by atoms with Gasteiger partial charge in [-0.25, -0.2) is 14.4 Å². The number of non-ortho nitro benzene ring substituents is 1. The molecule has 6 rings (SSSR count). The normalized spacial score (nSPS) is 12.3. The van der Waals surface area contributed by atoms with E-state index in [0.29, 0.717) is 21.9 Å². The van der Waals surface area contributed by atoms with E-state index in [9.17, 15) is 14.9 Å². The van der Waals surface area contributed by atoms with Crippen LogP contribution in [-0.2, 0) is 7.05 Å². The fraction of sp³-hybridized carbons (Fsp3) is 0.0938. The maximum absolute atomic E-state index is 13.6. The van der Waals surface area contributed by atoms with Crippen LogP contribution in [0.4, 0.5) is 11.4 Å². The predicted molar refractivity (Wildman–Crippen MR) is 167 cm³/mol. The van der Waals surface area contributed by atoms with Crippen LogP contribution in [0.15, 0.2) is 117 Å². The number of aromatic nitrogens is 3.